The zero-order chi connectivity index (χ0) is 21.3. The van der Waals surface area contributed by atoms with E-state index in [0.29, 0.717) is 24.3 Å². The van der Waals surface area contributed by atoms with Gasteiger partial charge in [-0.1, -0.05) is 30.3 Å². The molecular formula is C23H28N4O3. The number of benzene rings is 2. The predicted molar refractivity (Wildman–Crippen MR) is 117 cm³/mol. The third-order valence-corrected chi connectivity index (χ3v) is 4.99. The van der Waals surface area contributed by atoms with Crippen molar-refractivity contribution < 1.29 is 14.7 Å². The molecule has 1 heterocycles. The Bertz CT molecular complexity index is 882. The fourth-order valence-corrected chi connectivity index (χ4v) is 3.43. The normalized spacial score (nSPS) is 14.3. The first-order chi connectivity index (χ1) is 14.5. The smallest absolute Gasteiger partial charge is 0.319 e. The Labute approximate surface area is 176 Å². The number of fused-ring (bicyclic) bond motifs is 1. The van der Waals surface area contributed by atoms with Crippen molar-refractivity contribution in [2.24, 2.45) is 0 Å². The van der Waals surface area contributed by atoms with Gasteiger partial charge in [0.25, 0.3) is 5.91 Å². The van der Waals surface area contributed by atoms with Crippen LogP contribution >= 0.6 is 0 Å². The van der Waals surface area contributed by atoms with Gasteiger partial charge in [0.1, 0.15) is 0 Å². The Morgan fingerprint density at radius 3 is 2.57 bits per heavy atom. The fourth-order valence-electron chi connectivity index (χ4n) is 3.43. The lowest BCUT2D eigenvalue weighted by Crippen LogP contribution is -2.42. The van der Waals surface area contributed by atoms with Gasteiger partial charge in [-0.25, -0.2) is 4.79 Å². The van der Waals surface area contributed by atoms with E-state index in [1.54, 1.807) is 30.3 Å². The topological polar surface area (TPSA) is 93.7 Å². The molecular weight excluding hydrogens is 380 g/mol. The minimum absolute atomic E-state index is 0.159. The molecule has 30 heavy (non-hydrogen) atoms. The van der Waals surface area contributed by atoms with Crippen molar-refractivity contribution in [3.8, 4) is 0 Å². The van der Waals surface area contributed by atoms with Crippen LogP contribution in [-0.2, 0) is 13.0 Å². The van der Waals surface area contributed by atoms with Crippen LogP contribution in [0.4, 0.5) is 10.5 Å². The zero-order valence-electron chi connectivity index (χ0n) is 16.9. The van der Waals surface area contributed by atoms with E-state index < -0.39 is 12.1 Å². The number of aliphatic hydroxyl groups excluding tert-OH is 1. The average molecular weight is 409 g/mol. The maximum absolute atomic E-state index is 12.1. The van der Waals surface area contributed by atoms with Crippen molar-refractivity contribution >= 4 is 17.6 Å². The molecule has 7 nitrogen and oxygen atoms in total. The van der Waals surface area contributed by atoms with E-state index in [1.807, 2.05) is 6.07 Å². The third kappa shape index (κ3) is 6.17. The van der Waals surface area contributed by atoms with Crippen molar-refractivity contribution in [1.82, 2.24) is 15.5 Å². The van der Waals surface area contributed by atoms with Crippen molar-refractivity contribution in [1.29, 1.82) is 0 Å². The molecule has 1 aliphatic rings. The Hall–Kier alpha value is -3.16. The van der Waals surface area contributed by atoms with Gasteiger partial charge in [-0.05, 0) is 41.8 Å². The Kier molecular flexibility index (Phi) is 7.59. The number of carbonyl (C=O) groups is 2. The van der Waals surface area contributed by atoms with E-state index in [-0.39, 0.29) is 12.5 Å². The predicted octanol–water partition coefficient (Wildman–Crippen LogP) is 2.14. The van der Waals surface area contributed by atoms with Crippen LogP contribution in [0.15, 0.2) is 61.2 Å². The van der Waals surface area contributed by atoms with Gasteiger partial charge in [0, 0.05) is 44.0 Å². The number of nitrogens with one attached hydrogen (secondary N) is 3. The van der Waals surface area contributed by atoms with Gasteiger partial charge in [-0.2, -0.15) is 0 Å². The van der Waals surface area contributed by atoms with Crippen LogP contribution in [0.25, 0.3) is 0 Å². The second-order valence-electron chi connectivity index (χ2n) is 7.32. The SMILES string of the molecule is C=CCNC(=O)c1ccc(NC(=O)NCC(O)CN2CCc3ccccc3C2)cc1. The lowest BCUT2D eigenvalue weighted by atomic mass is 10.00. The van der Waals surface area contributed by atoms with Gasteiger partial charge in [0.15, 0.2) is 0 Å². The molecule has 3 rings (SSSR count). The highest BCUT2D eigenvalue weighted by atomic mass is 16.3. The van der Waals surface area contributed by atoms with Crippen LogP contribution < -0.4 is 16.0 Å². The van der Waals surface area contributed by atoms with Crippen molar-refractivity contribution in [3.05, 3.63) is 77.9 Å². The molecule has 3 amide bonds. The summed E-state index contributed by atoms with van der Waals surface area (Å²) in [6, 6.07) is 14.5. The number of carbonyl (C=O) groups excluding carboxylic acids is 2. The summed E-state index contributed by atoms with van der Waals surface area (Å²) in [7, 11) is 0. The van der Waals surface area contributed by atoms with Gasteiger partial charge >= 0.3 is 6.03 Å². The number of hydrogen-bond donors (Lipinski definition) is 4. The molecule has 2 aromatic rings. The molecule has 1 aliphatic heterocycles. The van der Waals surface area contributed by atoms with Crippen LogP contribution in [-0.4, -0.2) is 54.2 Å². The van der Waals surface area contributed by atoms with E-state index in [1.165, 1.54) is 11.1 Å². The second-order valence-corrected chi connectivity index (χ2v) is 7.32. The summed E-state index contributed by atoms with van der Waals surface area (Å²) in [5.41, 5.74) is 3.73. The molecule has 0 spiro atoms. The summed E-state index contributed by atoms with van der Waals surface area (Å²) in [6.07, 6.45) is 1.92. The number of rotatable bonds is 8. The highest BCUT2D eigenvalue weighted by Crippen LogP contribution is 2.18. The molecule has 0 saturated carbocycles. The molecule has 158 valence electrons. The second kappa shape index (κ2) is 10.6. The quantitative estimate of drug-likeness (QED) is 0.504. The van der Waals surface area contributed by atoms with Crippen molar-refractivity contribution in [2.45, 2.75) is 19.1 Å². The number of aliphatic hydroxyl groups is 1. The van der Waals surface area contributed by atoms with E-state index in [4.69, 9.17) is 0 Å². The first kappa shape index (κ1) is 21.5. The summed E-state index contributed by atoms with van der Waals surface area (Å²) >= 11 is 0. The molecule has 2 aromatic carbocycles. The number of β-amino-alcohol motifs (C(OH)–C–C–N with tert-alkyl or cyclic N) is 1. The Balaban J connectivity index is 1.40. The number of hydrogen-bond acceptors (Lipinski definition) is 4. The number of amides is 3. The summed E-state index contributed by atoms with van der Waals surface area (Å²) in [6.45, 7) is 6.32. The van der Waals surface area contributed by atoms with Crippen molar-refractivity contribution in [3.63, 3.8) is 0 Å². The molecule has 4 N–H and O–H groups in total. The molecule has 0 aromatic heterocycles. The van der Waals surface area contributed by atoms with Gasteiger partial charge in [-0.3, -0.25) is 9.69 Å². The van der Waals surface area contributed by atoms with E-state index in [0.717, 1.165) is 19.5 Å². The maximum atomic E-state index is 12.1. The van der Waals surface area contributed by atoms with Gasteiger partial charge in [-0.15, -0.1) is 6.58 Å². The summed E-state index contributed by atoms with van der Waals surface area (Å²) in [4.78, 5) is 26.1. The highest BCUT2D eigenvalue weighted by molar-refractivity contribution is 5.95. The zero-order valence-corrected chi connectivity index (χ0v) is 16.9. The third-order valence-electron chi connectivity index (χ3n) is 4.99. The fraction of sp³-hybridized carbons (Fsp3) is 0.304. The molecule has 7 heteroatoms. The maximum Gasteiger partial charge on any atom is 0.319 e. The van der Waals surface area contributed by atoms with Gasteiger partial charge < -0.3 is 21.1 Å². The van der Waals surface area contributed by atoms with E-state index in [2.05, 4.69) is 45.6 Å². The van der Waals surface area contributed by atoms with Gasteiger partial charge in [0.2, 0.25) is 0 Å². The standard InChI is InChI=1S/C23H28N4O3/c1-2-12-24-22(29)18-7-9-20(10-8-18)26-23(30)25-14-21(28)16-27-13-11-17-5-3-4-6-19(17)15-27/h2-10,21,28H,1,11-16H2,(H,24,29)(H2,25,26,30). The number of anilines is 1. The Morgan fingerprint density at radius 2 is 1.83 bits per heavy atom. The van der Waals surface area contributed by atoms with Gasteiger partial charge in [0.05, 0.1) is 6.10 Å². The first-order valence-electron chi connectivity index (χ1n) is 10.1. The molecule has 0 saturated heterocycles. The number of nitrogens with zero attached hydrogens (tertiary/aromatic N) is 1. The van der Waals surface area contributed by atoms with Crippen LogP contribution in [0, 0.1) is 0 Å². The molecule has 0 radical (unpaired) electrons. The summed E-state index contributed by atoms with van der Waals surface area (Å²) in [5, 5.41) is 18.4. The van der Waals surface area contributed by atoms with Crippen molar-refractivity contribution in [2.75, 3.05) is 31.5 Å². The monoisotopic (exact) mass is 408 g/mol. The Morgan fingerprint density at radius 1 is 1.10 bits per heavy atom. The van der Waals surface area contributed by atoms with Crippen LogP contribution in [0.1, 0.15) is 21.5 Å². The van der Waals surface area contributed by atoms with E-state index in [9.17, 15) is 14.7 Å². The first-order valence-corrected chi connectivity index (χ1v) is 10.1. The lowest BCUT2D eigenvalue weighted by molar-refractivity contribution is 0.0958. The van der Waals surface area contributed by atoms with Crippen LogP contribution in [0.5, 0.6) is 0 Å². The molecule has 0 fully saturated rings. The molecule has 0 aliphatic carbocycles. The minimum atomic E-state index is -0.656. The lowest BCUT2D eigenvalue weighted by Gasteiger charge is -2.30. The van der Waals surface area contributed by atoms with Crippen LogP contribution in [0.2, 0.25) is 0 Å². The average Bonchev–Trinajstić information content (AvgIpc) is 2.76. The summed E-state index contributed by atoms with van der Waals surface area (Å²) < 4.78 is 0. The highest BCUT2D eigenvalue weighted by Gasteiger charge is 2.18. The molecule has 0 bridgehead atoms. The molecule has 1 atom stereocenters. The largest absolute Gasteiger partial charge is 0.390 e. The minimum Gasteiger partial charge on any atom is -0.390 e. The number of urea groups is 1. The van der Waals surface area contributed by atoms with Crippen LogP contribution in [0.3, 0.4) is 0 Å². The summed E-state index contributed by atoms with van der Waals surface area (Å²) in [5.74, 6) is -0.200. The molecule has 1 unspecified atom stereocenters. The van der Waals surface area contributed by atoms with E-state index >= 15 is 0 Å².